The highest BCUT2D eigenvalue weighted by Gasteiger charge is 2.22. The molecule has 1 unspecified atom stereocenters. The maximum atomic E-state index is 11.8. The van der Waals surface area contributed by atoms with Gasteiger partial charge in [-0.25, -0.2) is 4.79 Å². The van der Waals surface area contributed by atoms with Crippen LogP contribution in [-0.2, 0) is 9.59 Å². The van der Waals surface area contributed by atoms with Crippen LogP contribution in [0.25, 0.3) is 0 Å². The molecule has 1 atom stereocenters. The van der Waals surface area contributed by atoms with Crippen molar-refractivity contribution < 1.29 is 14.7 Å². The van der Waals surface area contributed by atoms with E-state index in [1.807, 2.05) is 0 Å². The van der Waals surface area contributed by atoms with E-state index < -0.39 is 12.0 Å². The van der Waals surface area contributed by atoms with Crippen molar-refractivity contribution in [2.75, 3.05) is 26.7 Å². The number of piperidine rings is 1. The second-order valence-electron chi connectivity index (χ2n) is 4.67. The number of rotatable bonds is 5. The Labute approximate surface area is 102 Å². The van der Waals surface area contributed by atoms with E-state index in [2.05, 4.69) is 4.90 Å². The number of carbonyl (C=O) groups is 2. The number of likely N-dealkylation sites (N-methyl/N-ethyl adjacent to an activating group) is 1. The van der Waals surface area contributed by atoms with Crippen LogP contribution in [0, 0.1) is 0 Å². The van der Waals surface area contributed by atoms with Crippen molar-refractivity contribution in [3.8, 4) is 0 Å². The lowest BCUT2D eigenvalue weighted by Crippen LogP contribution is -2.42. The third-order valence-electron chi connectivity index (χ3n) is 3.42. The topological polar surface area (TPSA) is 60.9 Å². The predicted octanol–water partition coefficient (Wildman–Crippen LogP) is 0.794. The molecule has 0 radical (unpaired) electrons. The third kappa shape index (κ3) is 4.34. The number of nitrogens with zero attached hydrogens (tertiary/aromatic N) is 2. The third-order valence-corrected chi connectivity index (χ3v) is 3.42. The van der Waals surface area contributed by atoms with E-state index in [4.69, 9.17) is 5.11 Å². The lowest BCUT2D eigenvalue weighted by Gasteiger charge is -2.27. The Kier molecular flexibility index (Phi) is 5.41. The molecule has 98 valence electrons. The minimum absolute atomic E-state index is 0.0922. The zero-order valence-corrected chi connectivity index (χ0v) is 10.7. The summed E-state index contributed by atoms with van der Waals surface area (Å²) in [5.74, 6) is -1.05. The Balaban J connectivity index is 2.30. The molecule has 1 aliphatic heterocycles. The van der Waals surface area contributed by atoms with Crippen LogP contribution in [0.5, 0.6) is 0 Å². The van der Waals surface area contributed by atoms with Gasteiger partial charge in [-0.05, 0) is 32.9 Å². The van der Waals surface area contributed by atoms with E-state index in [1.165, 1.54) is 31.1 Å². The van der Waals surface area contributed by atoms with E-state index in [0.29, 0.717) is 6.42 Å². The van der Waals surface area contributed by atoms with Gasteiger partial charge in [0.15, 0.2) is 0 Å². The smallest absolute Gasteiger partial charge is 0.326 e. The average Bonchev–Trinajstić information content (AvgIpc) is 2.35. The molecule has 0 aromatic carbocycles. The molecule has 1 amide bonds. The van der Waals surface area contributed by atoms with Crippen LogP contribution in [0.15, 0.2) is 0 Å². The molecule has 0 bridgehead atoms. The Morgan fingerprint density at radius 3 is 2.41 bits per heavy atom. The highest BCUT2D eigenvalue weighted by atomic mass is 16.4. The minimum Gasteiger partial charge on any atom is -0.480 e. The largest absolute Gasteiger partial charge is 0.480 e. The van der Waals surface area contributed by atoms with Gasteiger partial charge in [0.2, 0.25) is 5.91 Å². The summed E-state index contributed by atoms with van der Waals surface area (Å²) in [5, 5.41) is 8.81. The first kappa shape index (κ1) is 14.0. The Bertz CT molecular complexity index is 275. The Morgan fingerprint density at radius 2 is 1.88 bits per heavy atom. The molecule has 1 N–H and O–H groups in total. The van der Waals surface area contributed by atoms with Gasteiger partial charge in [0.25, 0.3) is 0 Å². The van der Waals surface area contributed by atoms with E-state index in [1.54, 1.807) is 7.05 Å². The maximum Gasteiger partial charge on any atom is 0.326 e. The molecule has 5 nitrogen and oxygen atoms in total. The standard InChI is InChI=1S/C12H22N2O3/c1-10(12(16)17)13(2)11(15)6-9-14-7-4-3-5-8-14/h10H,3-9H2,1-2H3,(H,16,17). The van der Waals surface area contributed by atoms with Crippen molar-refractivity contribution in [2.24, 2.45) is 0 Å². The number of carbonyl (C=O) groups excluding carboxylic acids is 1. The summed E-state index contributed by atoms with van der Waals surface area (Å²) in [5.41, 5.74) is 0. The molecule has 0 aliphatic carbocycles. The summed E-state index contributed by atoms with van der Waals surface area (Å²) in [6.07, 6.45) is 4.10. The zero-order chi connectivity index (χ0) is 12.8. The molecular formula is C12H22N2O3. The van der Waals surface area contributed by atoms with Gasteiger partial charge in [-0.1, -0.05) is 6.42 Å². The molecule has 0 aromatic heterocycles. The molecule has 17 heavy (non-hydrogen) atoms. The van der Waals surface area contributed by atoms with Crippen molar-refractivity contribution in [3.05, 3.63) is 0 Å². The number of carboxylic acids is 1. The van der Waals surface area contributed by atoms with Crippen LogP contribution >= 0.6 is 0 Å². The van der Waals surface area contributed by atoms with Crippen molar-refractivity contribution in [2.45, 2.75) is 38.6 Å². The average molecular weight is 242 g/mol. The van der Waals surface area contributed by atoms with Gasteiger partial charge in [0.05, 0.1) is 0 Å². The summed E-state index contributed by atoms with van der Waals surface area (Å²) in [6.45, 7) is 4.40. The number of likely N-dealkylation sites (tertiary alicyclic amines) is 1. The van der Waals surface area contributed by atoms with Gasteiger partial charge in [-0.2, -0.15) is 0 Å². The summed E-state index contributed by atoms with van der Waals surface area (Å²) in [4.78, 5) is 26.1. The first-order valence-corrected chi connectivity index (χ1v) is 6.23. The highest BCUT2D eigenvalue weighted by Crippen LogP contribution is 2.09. The molecule has 1 saturated heterocycles. The molecule has 0 spiro atoms. The molecule has 1 heterocycles. The summed E-state index contributed by atoms with van der Waals surface area (Å²) < 4.78 is 0. The summed E-state index contributed by atoms with van der Waals surface area (Å²) in [6, 6.07) is -0.746. The quantitative estimate of drug-likeness (QED) is 0.774. The number of hydrogen-bond donors (Lipinski definition) is 1. The molecule has 1 fully saturated rings. The Morgan fingerprint density at radius 1 is 1.29 bits per heavy atom. The monoisotopic (exact) mass is 242 g/mol. The fourth-order valence-electron chi connectivity index (χ4n) is 1.99. The fraction of sp³-hybridized carbons (Fsp3) is 0.833. The molecule has 5 heteroatoms. The van der Waals surface area contributed by atoms with Crippen LogP contribution in [0.4, 0.5) is 0 Å². The van der Waals surface area contributed by atoms with Crippen LogP contribution in [0.1, 0.15) is 32.6 Å². The second kappa shape index (κ2) is 6.59. The van der Waals surface area contributed by atoms with E-state index in [9.17, 15) is 9.59 Å². The molecule has 1 aliphatic rings. The number of carboxylic acid groups (broad SMARTS) is 1. The first-order chi connectivity index (χ1) is 8.02. The van der Waals surface area contributed by atoms with E-state index in [0.717, 1.165) is 19.6 Å². The Hall–Kier alpha value is -1.10. The summed E-state index contributed by atoms with van der Waals surface area (Å²) >= 11 is 0. The van der Waals surface area contributed by atoms with Crippen LogP contribution < -0.4 is 0 Å². The van der Waals surface area contributed by atoms with Crippen LogP contribution in [-0.4, -0.2) is 59.5 Å². The van der Waals surface area contributed by atoms with Gasteiger partial charge < -0.3 is 14.9 Å². The molecule has 1 rings (SSSR count). The van der Waals surface area contributed by atoms with E-state index >= 15 is 0 Å². The van der Waals surface area contributed by atoms with Gasteiger partial charge in [-0.15, -0.1) is 0 Å². The SMILES string of the molecule is CC(C(=O)O)N(C)C(=O)CCN1CCCCC1. The van der Waals surface area contributed by atoms with Gasteiger partial charge in [0, 0.05) is 20.0 Å². The maximum absolute atomic E-state index is 11.8. The first-order valence-electron chi connectivity index (χ1n) is 6.23. The normalized spacial score (nSPS) is 18.7. The van der Waals surface area contributed by atoms with Gasteiger partial charge in [-0.3, -0.25) is 4.79 Å². The van der Waals surface area contributed by atoms with Crippen molar-refractivity contribution >= 4 is 11.9 Å². The van der Waals surface area contributed by atoms with Crippen molar-refractivity contribution in [1.29, 1.82) is 0 Å². The fourth-order valence-corrected chi connectivity index (χ4v) is 1.99. The molecular weight excluding hydrogens is 220 g/mol. The minimum atomic E-state index is -0.959. The van der Waals surface area contributed by atoms with Gasteiger partial charge >= 0.3 is 5.97 Å². The number of amides is 1. The lowest BCUT2D eigenvalue weighted by molar-refractivity contribution is -0.148. The predicted molar refractivity (Wildman–Crippen MR) is 64.8 cm³/mol. The lowest BCUT2D eigenvalue weighted by atomic mass is 10.1. The van der Waals surface area contributed by atoms with Crippen LogP contribution in [0.3, 0.4) is 0 Å². The molecule has 0 aromatic rings. The van der Waals surface area contributed by atoms with Crippen molar-refractivity contribution in [3.63, 3.8) is 0 Å². The number of hydrogen-bond acceptors (Lipinski definition) is 3. The number of aliphatic carboxylic acids is 1. The summed E-state index contributed by atoms with van der Waals surface area (Å²) in [7, 11) is 1.55. The van der Waals surface area contributed by atoms with E-state index in [-0.39, 0.29) is 5.91 Å². The molecule has 0 saturated carbocycles. The van der Waals surface area contributed by atoms with Crippen LogP contribution in [0.2, 0.25) is 0 Å². The highest BCUT2D eigenvalue weighted by molar-refractivity contribution is 5.83. The second-order valence-corrected chi connectivity index (χ2v) is 4.67. The van der Waals surface area contributed by atoms with Gasteiger partial charge in [0.1, 0.15) is 6.04 Å². The zero-order valence-electron chi connectivity index (χ0n) is 10.7. The van der Waals surface area contributed by atoms with Crippen molar-refractivity contribution in [1.82, 2.24) is 9.80 Å².